The van der Waals surface area contributed by atoms with Crippen molar-refractivity contribution in [1.29, 1.82) is 0 Å². The molecule has 0 aliphatic carbocycles. The molecule has 0 aliphatic rings. The second kappa shape index (κ2) is 7.64. The molecule has 1 amide bonds. The number of halogens is 6. The Balaban J connectivity index is 2.39. The zero-order chi connectivity index (χ0) is 21.3. The van der Waals surface area contributed by atoms with Crippen LogP contribution in [0.15, 0.2) is 35.1 Å². The number of anilines is 1. The van der Waals surface area contributed by atoms with Crippen LogP contribution in [0.3, 0.4) is 0 Å². The Kier molecular flexibility index (Phi) is 5.86. The van der Waals surface area contributed by atoms with E-state index in [1.54, 1.807) is 13.8 Å². The highest BCUT2D eigenvalue weighted by Crippen LogP contribution is 2.37. The number of nitrogens with one attached hydrogen (secondary N) is 1. The first kappa shape index (κ1) is 21.5. The second-order valence-electron chi connectivity index (χ2n) is 6.38. The summed E-state index contributed by atoms with van der Waals surface area (Å²) in [5.74, 6) is -1.04. The van der Waals surface area contributed by atoms with Crippen molar-refractivity contribution in [3.63, 3.8) is 0 Å². The lowest BCUT2D eigenvalue weighted by molar-refractivity contribution is -0.143. The van der Waals surface area contributed by atoms with E-state index in [0.717, 1.165) is 16.8 Å². The van der Waals surface area contributed by atoms with Crippen molar-refractivity contribution in [3.8, 4) is 0 Å². The van der Waals surface area contributed by atoms with Gasteiger partial charge in [-0.05, 0) is 30.2 Å². The smallest absolute Gasteiger partial charge is 0.321 e. The molecular weight excluding hydrogens is 392 g/mol. The summed E-state index contributed by atoms with van der Waals surface area (Å²) in [6.07, 6.45) is -10.1. The van der Waals surface area contributed by atoms with Gasteiger partial charge in [0, 0.05) is 18.3 Å². The second-order valence-corrected chi connectivity index (χ2v) is 6.38. The first-order valence-electron chi connectivity index (χ1n) is 7.96. The van der Waals surface area contributed by atoms with Crippen molar-refractivity contribution in [2.45, 2.75) is 32.7 Å². The third-order valence-electron chi connectivity index (χ3n) is 3.48. The van der Waals surface area contributed by atoms with Crippen molar-refractivity contribution in [3.05, 3.63) is 57.5 Å². The zero-order valence-corrected chi connectivity index (χ0v) is 14.6. The average molecular weight is 407 g/mol. The lowest BCUT2D eigenvalue weighted by Gasteiger charge is -2.15. The molecule has 0 aliphatic heterocycles. The highest BCUT2D eigenvalue weighted by molar-refractivity contribution is 6.02. The first-order chi connectivity index (χ1) is 12.8. The molecule has 1 N–H and O–H groups in total. The van der Waals surface area contributed by atoms with Crippen molar-refractivity contribution in [2.24, 2.45) is 5.92 Å². The molecule has 0 fully saturated rings. The lowest BCUT2D eigenvalue weighted by Crippen LogP contribution is -2.27. The van der Waals surface area contributed by atoms with Crippen LogP contribution in [0.5, 0.6) is 0 Å². The van der Waals surface area contributed by atoms with Gasteiger partial charge in [-0.2, -0.15) is 31.4 Å². The number of carbonyl (C=O) groups is 1. The zero-order valence-electron chi connectivity index (χ0n) is 14.6. The number of rotatable bonds is 4. The van der Waals surface area contributed by atoms with E-state index in [1.165, 1.54) is 0 Å². The normalized spacial score (nSPS) is 12.3. The molecule has 1 aromatic heterocycles. The quantitative estimate of drug-likeness (QED) is 0.774. The van der Waals surface area contributed by atoms with Crippen molar-refractivity contribution < 1.29 is 31.1 Å². The minimum absolute atomic E-state index is 0.0151. The molecule has 1 aromatic carbocycles. The molecule has 0 unspecified atom stereocenters. The highest BCUT2D eigenvalue weighted by Gasteiger charge is 2.37. The molecule has 0 spiro atoms. The number of alkyl halides is 6. The molecule has 0 saturated carbocycles. The molecule has 1 heterocycles. The van der Waals surface area contributed by atoms with Gasteiger partial charge in [-0.25, -0.2) is 4.68 Å². The molecule has 28 heavy (non-hydrogen) atoms. The Morgan fingerprint density at radius 3 is 2.04 bits per heavy atom. The topological polar surface area (TPSA) is 64.0 Å². The molecule has 0 bridgehead atoms. The van der Waals surface area contributed by atoms with Gasteiger partial charge >= 0.3 is 12.4 Å². The molecule has 5 nitrogen and oxygen atoms in total. The van der Waals surface area contributed by atoms with E-state index in [1.807, 2.05) is 5.32 Å². The van der Waals surface area contributed by atoms with Gasteiger partial charge in [0.2, 0.25) is 0 Å². The number of amides is 1. The van der Waals surface area contributed by atoms with Gasteiger partial charge < -0.3 is 5.32 Å². The number of hydrogen-bond acceptors (Lipinski definition) is 3. The summed E-state index contributed by atoms with van der Waals surface area (Å²) in [5.41, 5.74) is -4.64. The molecule has 2 rings (SSSR count). The van der Waals surface area contributed by atoms with E-state index in [4.69, 9.17) is 0 Å². The third kappa shape index (κ3) is 5.33. The third-order valence-corrected chi connectivity index (χ3v) is 3.48. The van der Waals surface area contributed by atoms with Gasteiger partial charge in [0.15, 0.2) is 0 Å². The summed E-state index contributed by atoms with van der Waals surface area (Å²) < 4.78 is 78.3. The van der Waals surface area contributed by atoms with E-state index in [9.17, 15) is 35.9 Å². The molecule has 0 saturated heterocycles. The first-order valence-corrected chi connectivity index (χ1v) is 7.96. The van der Waals surface area contributed by atoms with Crippen LogP contribution in [0.4, 0.5) is 32.0 Å². The summed E-state index contributed by atoms with van der Waals surface area (Å²) in [7, 11) is 0. The Morgan fingerprint density at radius 2 is 1.57 bits per heavy atom. The monoisotopic (exact) mass is 407 g/mol. The van der Waals surface area contributed by atoms with Crippen LogP contribution >= 0.6 is 0 Å². The SMILES string of the molecule is CC(C)Cn1nc(C(=O)Nc2cc(C(F)(F)F)cc(C(F)(F)F)c2)ccc1=O. The molecule has 0 atom stereocenters. The molecule has 2 aromatic rings. The van der Waals surface area contributed by atoms with E-state index in [-0.39, 0.29) is 24.2 Å². The van der Waals surface area contributed by atoms with Crippen molar-refractivity contribution in [1.82, 2.24) is 9.78 Å². The van der Waals surface area contributed by atoms with Crippen LogP contribution in [-0.2, 0) is 18.9 Å². The number of nitrogens with zero attached hydrogens (tertiary/aromatic N) is 2. The Hall–Kier alpha value is -2.85. The van der Waals surface area contributed by atoms with Crippen LogP contribution < -0.4 is 10.9 Å². The largest absolute Gasteiger partial charge is 0.416 e. The maximum Gasteiger partial charge on any atom is 0.416 e. The van der Waals surface area contributed by atoms with Crippen molar-refractivity contribution >= 4 is 11.6 Å². The van der Waals surface area contributed by atoms with Crippen LogP contribution in [0.1, 0.15) is 35.5 Å². The molecular formula is C17H15F6N3O2. The van der Waals surface area contributed by atoms with E-state index in [0.29, 0.717) is 12.1 Å². The average Bonchev–Trinajstić information content (AvgIpc) is 2.54. The fraction of sp³-hybridized carbons (Fsp3) is 0.353. The van der Waals surface area contributed by atoms with Crippen molar-refractivity contribution in [2.75, 3.05) is 5.32 Å². The lowest BCUT2D eigenvalue weighted by atomic mass is 10.1. The van der Waals surface area contributed by atoms with Gasteiger partial charge in [0.25, 0.3) is 11.5 Å². The van der Waals surface area contributed by atoms with E-state index >= 15 is 0 Å². The summed E-state index contributed by atoms with van der Waals surface area (Å²) in [6.45, 7) is 3.77. The standard InChI is InChI=1S/C17H15F6N3O2/c1-9(2)8-26-14(27)4-3-13(25-26)15(28)24-12-6-10(16(18,19)20)5-11(7-12)17(21,22)23/h3-7,9H,8H2,1-2H3,(H,24,28). The predicted octanol–water partition coefficient (Wildman–Crippen LogP) is 4.19. The maximum atomic E-state index is 12.9. The summed E-state index contributed by atoms with van der Waals surface area (Å²) in [5, 5.41) is 5.76. The minimum atomic E-state index is -5.04. The van der Waals surface area contributed by atoms with Crippen LogP contribution in [0, 0.1) is 5.92 Å². The van der Waals surface area contributed by atoms with Crippen LogP contribution in [0.25, 0.3) is 0 Å². The number of aromatic nitrogens is 2. The number of benzene rings is 1. The highest BCUT2D eigenvalue weighted by atomic mass is 19.4. The number of carbonyl (C=O) groups excluding carboxylic acids is 1. The fourth-order valence-electron chi connectivity index (χ4n) is 2.27. The number of hydrogen-bond donors (Lipinski definition) is 1. The van der Waals surface area contributed by atoms with Crippen LogP contribution in [-0.4, -0.2) is 15.7 Å². The van der Waals surface area contributed by atoms with Crippen LogP contribution in [0.2, 0.25) is 0 Å². The fourth-order valence-corrected chi connectivity index (χ4v) is 2.27. The van der Waals surface area contributed by atoms with Gasteiger partial charge in [0.1, 0.15) is 5.69 Å². The van der Waals surface area contributed by atoms with Gasteiger partial charge in [-0.3, -0.25) is 9.59 Å². The van der Waals surface area contributed by atoms with E-state index < -0.39 is 40.6 Å². The Morgan fingerprint density at radius 1 is 1.04 bits per heavy atom. The van der Waals surface area contributed by atoms with Gasteiger partial charge in [0.05, 0.1) is 11.1 Å². The molecule has 0 radical (unpaired) electrons. The minimum Gasteiger partial charge on any atom is -0.321 e. The molecule has 11 heteroatoms. The Bertz CT molecular complexity index is 899. The predicted molar refractivity (Wildman–Crippen MR) is 87.7 cm³/mol. The summed E-state index contributed by atoms with van der Waals surface area (Å²) in [6, 6.07) is 2.80. The van der Waals surface area contributed by atoms with E-state index in [2.05, 4.69) is 5.10 Å². The van der Waals surface area contributed by atoms with Gasteiger partial charge in [-0.15, -0.1) is 0 Å². The van der Waals surface area contributed by atoms with Gasteiger partial charge in [-0.1, -0.05) is 13.8 Å². The Labute approximate surface area is 155 Å². The maximum absolute atomic E-state index is 12.9. The summed E-state index contributed by atoms with van der Waals surface area (Å²) in [4.78, 5) is 24.0. The summed E-state index contributed by atoms with van der Waals surface area (Å²) >= 11 is 0. The molecule has 152 valence electrons.